The zero-order valence-corrected chi connectivity index (χ0v) is 14.9. The van der Waals surface area contributed by atoms with E-state index < -0.39 is 0 Å². The van der Waals surface area contributed by atoms with E-state index in [4.69, 9.17) is 9.72 Å². The number of piperidine rings is 1. The van der Waals surface area contributed by atoms with Gasteiger partial charge in [-0.2, -0.15) is 0 Å². The standard InChI is InChI=1S/C19H25N3OS/c1-2-4-17(5-3-1)23-13-18-21-16(14-24-18)12-22-11-8-19(15-22)6-9-20-10-7-19/h1-5,14,20H,6-13,15H2. The van der Waals surface area contributed by atoms with Gasteiger partial charge in [-0.1, -0.05) is 18.2 Å². The first-order valence-electron chi connectivity index (χ1n) is 8.86. The van der Waals surface area contributed by atoms with Crippen molar-refractivity contribution in [1.29, 1.82) is 0 Å². The molecule has 0 amide bonds. The number of thiazole rings is 1. The van der Waals surface area contributed by atoms with Crippen molar-refractivity contribution in [3.63, 3.8) is 0 Å². The Hall–Kier alpha value is -1.43. The minimum Gasteiger partial charge on any atom is -0.486 e. The second-order valence-corrected chi connectivity index (χ2v) is 7.99. The maximum absolute atomic E-state index is 5.79. The molecule has 4 rings (SSSR count). The Balaban J connectivity index is 1.29. The lowest BCUT2D eigenvalue weighted by molar-refractivity contribution is 0.193. The quantitative estimate of drug-likeness (QED) is 0.904. The fourth-order valence-electron chi connectivity index (χ4n) is 3.91. The third-order valence-electron chi connectivity index (χ3n) is 5.27. The first-order chi connectivity index (χ1) is 11.8. The van der Waals surface area contributed by atoms with Gasteiger partial charge in [-0.25, -0.2) is 4.98 Å². The highest BCUT2D eigenvalue weighted by molar-refractivity contribution is 7.09. The number of benzene rings is 1. The predicted molar refractivity (Wildman–Crippen MR) is 97.3 cm³/mol. The van der Waals surface area contributed by atoms with Crippen molar-refractivity contribution in [2.24, 2.45) is 5.41 Å². The average Bonchev–Trinajstić information content (AvgIpc) is 3.22. The number of rotatable bonds is 5. The third-order valence-corrected chi connectivity index (χ3v) is 6.14. The number of nitrogens with zero attached hydrogens (tertiary/aromatic N) is 2. The van der Waals surface area contributed by atoms with E-state index in [9.17, 15) is 0 Å². The van der Waals surface area contributed by atoms with Crippen LogP contribution in [0.3, 0.4) is 0 Å². The minimum atomic E-state index is 0.560. The van der Waals surface area contributed by atoms with Crippen molar-refractivity contribution in [3.8, 4) is 5.75 Å². The average molecular weight is 343 g/mol. The van der Waals surface area contributed by atoms with Crippen molar-refractivity contribution < 1.29 is 4.74 Å². The zero-order valence-electron chi connectivity index (χ0n) is 14.0. The highest BCUT2D eigenvalue weighted by Crippen LogP contribution is 2.39. The summed E-state index contributed by atoms with van der Waals surface area (Å²) in [6.45, 7) is 6.37. The Morgan fingerprint density at radius 3 is 2.83 bits per heavy atom. The van der Waals surface area contributed by atoms with E-state index in [1.54, 1.807) is 11.3 Å². The van der Waals surface area contributed by atoms with E-state index in [2.05, 4.69) is 15.6 Å². The summed E-state index contributed by atoms with van der Waals surface area (Å²) in [6.07, 6.45) is 4.01. The molecule has 3 heterocycles. The number of ether oxygens (including phenoxy) is 1. The number of para-hydroxylation sites is 1. The SMILES string of the molecule is c1ccc(OCc2nc(CN3CCC4(CCNCC4)C3)cs2)cc1. The third kappa shape index (κ3) is 3.79. The molecule has 2 fully saturated rings. The highest BCUT2D eigenvalue weighted by atomic mass is 32.1. The Bertz CT molecular complexity index is 652. The van der Waals surface area contributed by atoms with Crippen LogP contribution in [0.2, 0.25) is 0 Å². The largest absolute Gasteiger partial charge is 0.486 e. The number of hydrogen-bond donors (Lipinski definition) is 1. The van der Waals surface area contributed by atoms with Crippen LogP contribution in [0.25, 0.3) is 0 Å². The van der Waals surface area contributed by atoms with Crippen LogP contribution in [-0.2, 0) is 13.2 Å². The molecule has 0 radical (unpaired) electrons. The van der Waals surface area contributed by atoms with E-state index in [1.165, 1.54) is 51.1 Å². The van der Waals surface area contributed by atoms with E-state index >= 15 is 0 Å². The summed E-state index contributed by atoms with van der Waals surface area (Å²) in [5.41, 5.74) is 1.76. The van der Waals surface area contributed by atoms with Gasteiger partial charge in [0.1, 0.15) is 17.4 Å². The van der Waals surface area contributed by atoms with E-state index in [0.717, 1.165) is 17.3 Å². The molecule has 4 nitrogen and oxygen atoms in total. The van der Waals surface area contributed by atoms with Gasteiger partial charge in [0.15, 0.2) is 0 Å². The molecule has 0 unspecified atom stereocenters. The highest BCUT2D eigenvalue weighted by Gasteiger charge is 2.38. The van der Waals surface area contributed by atoms with Gasteiger partial charge in [-0.15, -0.1) is 11.3 Å². The molecule has 1 aromatic carbocycles. The van der Waals surface area contributed by atoms with Crippen LogP contribution >= 0.6 is 11.3 Å². The van der Waals surface area contributed by atoms with Gasteiger partial charge in [-0.3, -0.25) is 4.90 Å². The van der Waals surface area contributed by atoms with Gasteiger partial charge in [0, 0.05) is 18.5 Å². The molecule has 1 N–H and O–H groups in total. The fraction of sp³-hybridized carbons (Fsp3) is 0.526. The molecule has 5 heteroatoms. The van der Waals surface area contributed by atoms with Gasteiger partial charge >= 0.3 is 0 Å². The molecule has 2 saturated heterocycles. The molecule has 1 spiro atoms. The van der Waals surface area contributed by atoms with Crippen molar-refractivity contribution in [3.05, 3.63) is 46.4 Å². The van der Waals surface area contributed by atoms with Crippen molar-refractivity contribution in [2.45, 2.75) is 32.4 Å². The van der Waals surface area contributed by atoms with Gasteiger partial charge < -0.3 is 10.1 Å². The smallest absolute Gasteiger partial charge is 0.140 e. The van der Waals surface area contributed by atoms with E-state index in [0.29, 0.717) is 12.0 Å². The van der Waals surface area contributed by atoms with E-state index in [-0.39, 0.29) is 0 Å². The van der Waals surface area contributed by atoms with E-state index in [1.807, 2.05) is 30.3 Å². The molecule has 2 aromatic rings. The molecule has 0 bridgehead atoms. The lowest BCUT2D eigenvalue weighted by Crippen LogP contribution is -2.38. The number of likely N-dealkylation sites (tertiary alicyclic amines) is 1. The number of aromatic nitrogens is 1. The van der Waals surface area contributed by atoms with Gasteiger partial charge in [0.05, 0.1) is 5.69 Å². The molecule has 0 atom stereocenters. The molecule has 2 aliphatic heterocycles. The second-order valence-electron chi connectivity index (χ2n) is 7.04. The Labute approximate surface area is 147 Å². The fourth-order valence-corrected chi connectivity index (χ4v) is 4.60. The maximum atomic E-state index is 5.79. The second kappa shape index (κ2) is 7.21. The summed E-state index contributed by atoms with van der Waals surface area (Å²) in [5.74, 6) is 0.904. The molecule has 1 aromatic heterocycles. The molecular formula is C19H25N3OS. The summed E-state index contributed by atoms with van der Waals surface area (Å²) < 4.78 is 5.79. The summed E-state index contributed by atoms with van der Waals surface area (Å²) in [7, 11) is 0. The lowest BCUT2D eigenvalue weighted by Gasteiger charge is -2.33. The van der Waals surface area contributed by atoms with Crippen LogP contribution in [0.1, 0.15) is 30.0 Å². The maximum Gasteiger partial charge on any atom is 0.140 e. The Morgan fingerprint density at radius 2 is 2.00 bits per heavy atom. The van der Waals surface area contributed by atoms with Gasteiger partial charge in [0.2, 0.25) is 0 Å². The molecule has 2 aliphatic rings. The summed E-state index contributed by atoms with van der Waals surface area (Å²) in [6, 6.07) is 9.95. The summed E-state index contributed by atoms with van der Waals surface area (Å²) in [5, 5.41) is 6.74. The van der Waals surface area contributed by atoms with Crippen molar-refractivity contribution >= 4 is 11.3 Å². The molecular weight excluding hydrogens is 318 g/mol. The van der Waals surface area contributed by atoms with Crippen LogP contribution < -0.4 is 10.1 Å². The van der Waals surface area contributed by atoms with Crippen molar-refractivity contribution in [1.82, 2.24) is 15.2 Å². The van der Waals surface area contributed by atoms with Crippen molar-refractivity contribution in [2.75, 3.05) is 26.2 Å². The topological polar surface area (TPSA) is 37.4 Å². The van der Waals surface area contributed by atoms with Crippen LogP contribution in [0.15, 0.2) is 35.7 Å². The molecule has 24 heavy (non-hydrogen) atoms. The van der Waals surface area contributed by atoms with Crippen LogP contribution in [0.5, 0.6) is 5.75 Å². The molecule has 0 aliphatic carbocycles. The van der Waals surface area contributed by atoms with Gasteiger partial charge in [-0.05, 0) is 56.4 Å². The minimum absolute atomic E-state index is 0.560. The predicted octanol–water partition coefficient (Wildman–Crippen LogP) is 3.30. The summed E-state index contributed by atoms with van der Waals surface area (Å²) in [4.78, 5) is 7.35. The number of nitrogens with one attached hydrogen (secondary N) is 1. The normalized spacial score (nSPS) is 20.5. The first-order valence-corrected chi connectivity index (χ1v) is 9.74. The lowest BCUT2D eigenvalue weighted by atomic mass is 9.78. The Kier molecular flexibility index (Phi) is 4.83. The number of hydrogen-bond acceptors (Lipinski definition) is 5. The van der Waals surface area contributed by atoms with Crippen LogP contribution in [-0.4, -0.2) is 36.1 Å². The molecule has 0 saturated carbocycles. The monoisotopic (exact) mass is 343 g/mol. The first kappa shape index (κ1) is 16.1. The van der Waals surface area contributed by atoms with Crippen LogP contribution in [0, 0.1) is 5.41 Å². The molecule has 128 valence electrons. The zero-order chi connectivity index (χ0) is 16.2. The Morgan fingerprint density at radius 1 is 1.17 bits per heavy atom. The van der Waals surface area contributed by atoms with Gasteiger partial charge in [0.25, 0.3) is 0 Å². The van der Waals surface area contributed by atoms with Crippen LogP contribution in [0.4, 0.5) is 0 Å². The summed E-state index contributed by atoms with van der Waals surface area (Å²) >= 11 is 1.71.